The van der Waals surface area contributed by atoms with Crippen molar-refractivity contribution in [3.05, 3.63) is 65.0 Å². The van der Waals surface area contributed by atoms with Gasteiger partial charge in [-0.1, -0.05) is 12.1 Å². The van der Waals surface area contributed by atoms with E-state index < -0.39 is 17.7 Å². The summed E-state index contributed by atoms with van der Waals surface area (Å²) in [6.45, 7) is 5.83. The van der Waals surface area contributed by atoms with Crippen molar-refractivity contribution in [1.82, 2.24) is 4.90 Å². The number of carbonyl (C=O) groups is 3. The first kappa shape index (κ1) is 20.1. The van der Waals surface area contributed by atoms with Crippen LogP contribution in [0.5, 0.6) is 0 Å². The van der Waals surface area contributed by atoms with Gasteiger partial charge in [-0.2, -0.15) is 0 Å². The van der Waals surface area contributed by atoms with Gasteiger partial charge >= 0.3 is 5.97 Å². The van der Waals surface area contributed by atoms with Crippen molar-refractivity contribution in [3.8, 4) is 0 Å². The zero-order valence-corrected chi connectivity index (χ0v) is 15.3. The number of anilines is 1. The monoisotopic (exact) mass is 372 g/mol. The molecule has 2 aromatic rings. The van der Waals surface area contributed by atoms with Gasteiger partial charge in [-0.15, -0.1) is 0 Å². The van der Waals surface area contributed by atoms with Gasteiger partial charge in [0.25, 0.3) is 5.91 Å². The van der Waals surface area contributed by atoms with Crippen molar-refractivity contribution in [1.29, 1.82) is 0 Å². The van der Waals surface area contributed by atoms with Gasteiger partial charge in [0.1, 0.15) is 5.82 Å². The molecule has 0 heterocycles. The molecule has 0 aliphatic heterocycles. The number of halogens is 1. The molecule has 2 aromatic carbocycles. The van der Waals surface area contributed by atoms with E-state index in [2.05, 4.69) is 5.32 Å². The van der Waals surface area contributed by atoms with Crippen molar-refractivity contribution >= 4 is 23.5 Å². The molecule has 7 heteroatoms. The molecule has 0 saturated carbocycles. The van der Waals surface area contributed by atoms with E-state index in [1.54, 1.807) is 29.2 Å². The second kappa shape index (κ2) is 8.44. The third kappa shape index (κ3) is 5.13. The summed E-state index contributed by atoms with van der Waals surface area (Å²) in [4.78, 5) is 36.4. The highest BCUT2D eigenvalue weighted by atomic mass is 19.1. The van der Waals surface area contributed by atoms with Gasteiger partial charge in [0.2, 0.25) is 5.91 Å². The van der Waals surface area contributed by atoms with Gasteiger partial charge in [-0.05, 0) is 49.7 Å². The normalized spacial score (nSPS) is 10.6. The number of nitrogens with one attached hydrogen (secondary N) is 1. The Bertz CT molecular complexity index is 863. The Morgan fingerprint density at radius 1 is 1.11 bits per heavy atom. The average Bonchev–Trinajstić information content (AvgIpc) is 2.60. The van der Waals surface area contributed by atoms with Gasteiger partial charge in [0, 0.05) is 25.2 Å². The van der Waals surface area contributed by atoms with Crippen LogP contribution >= 0.6 is 0 Å². The van der Waals surface area contributed by atoms with Crippen LogP contribution in [0.1, 0.15) is 47.1 Å². The summed E-state index contributed by atoms with van der Waals surface area (Å²) in [5.74, 6) is -2.87. The first-order chi connectivity index (χ1) is 12.7. The van der Waals surface area contributed by atoms with E-state index in [4.69, 9.17) is 5.11 Å². The molecule has 27 heavy (non-hydrogen) atoms. The fourth-order valence-electron chi connectivity index (χ4n) is 2.58. The van der Waals surface area contributed by atoms with Crippen LogP contribution < -0.4 is 5.32 Å². The summed E-state index contributed by atoms with van der Waals surface area (Å²) in [5.41, 5.74) is 0.887. The van der Waals surface area contributed by atoms with Crippen LogP contribution in [0, 0.1) is 5.82 Å². The molecule has 2 N–H and O–H groups in total. The number of benzene rings is 2. The van der Waals surface area contributed by atoms with Crippen LogP contribution in [0.25, 0.3) is 0 Å². The van der Waals surface area contributed by atoms with Crippen molar-refractivity contribution in [2.45, 2.75) is 33.4 Å². The first-order valence-electron chi connectivity index (χ1n) is 8.39. The summed E-state index contributed by atoms with van der Waals surface area (Å²) >= 11 is 0. The Morgan fingerprint density at radius 2 is 1.74 bits per heavy atom. The molecule has 0 fully saturated rings. The summed E-state index contributed by atoms with van der Waals surface area (Å²) in [5, 5.41) is 11.4. The maximum atomic E-state index is 14.0. The SMILES string of the molecule is CC(=O)N(Cc1ccc(NC(=O)c2ccc(C(=O)O)cc2F)cc1)C(C)C. The molecule has 0 spiro atoms. The van der Waals surface area contributed by atoms with Gasteiger partial charge in [0.15, 0.2) is 0 Å². The number of carboxylic acid groups (broad SMARTS) is 1. The number of rotatable bonds is 6. The molecule has 6 nitrogen and oxygen atoms in total. The summed E-state index contributed by atoms with van der Waals surface area (Å²) in [7, 11) is 0. The van der Waals surface area contributed by atoms with E-state index >= 15 is 0 Å². The van der Waals surface area contributed by atoms with Crippen LogP contribution in [0.4, 0.5) is 10.1 Å². The number of carbonyl (C=O) groups excluding carboxylic acids is 2. The van der Waals surface area contributed by atoms with Gasteiger partial charge in [0.05, 0.1) is 11.1 Å². The van der Waals surface area contributed by atoms with Gasteiger partial charge < -0.3 is 15.3 Å². The minimum absolute atomic E-state index is 0.0253. The molecule has 2 rings (SSSR count). The Kier molecular flexibility index (Phi) is 6.28. The lowest BCUT2D eigenvalue weighted by molar-refractivity contribution is -0.131. The standard InChI is InChI=1S/C20H21FN2O4/c1-12(2)23(13(3)24)11-14-4-7-16(8-5-14)22-19(25)17-9-6-15(20(26)27)10-18(17)21/h4-10,12H,11H2,1-3H3,(H,22,25)(H,26,27). The highest BCUT2D eigenvalue weighted by molar-refractivity contribution is 6.05. The molecule has 2 amide bonds. The minimum Gasteiger partial charge on any atom is -0.478 e. The molecule has 0 atom stereocenters. The molecule has 142 valence electrons. The van der Waals surface area contributed by atoms with Crippen molar-refractivity contribution in [2.24, 2.45) is 0 Å². The lowest BCUT2D eigenvalue weighted by atomic mass is 10.1. The van der Waals surface area contributed by atoms with E-state index in [-0.39, 0.29) is 23.1 Å². The topological polar surface area (TPSA) is 86.7 Å². The molecular formula is C20H21FN2O4. The van der Waals surface area contributed by atoms with Crippen molar-refractivity contribution in [3.63, 3.8) is 0 Å². The van der Waals surface area contributed by atoms with Crippen LogP contribution in [-0.4, -0.2) is 33.8 Å². The number of aromatic carboxylic acids is 1. The second-order valence-electron chi connectivity index (χ2n) is 6.39. The molecule has 0 bridgehead atoms. The average molecular weight is 372 g/mol. The van der Waals surface area contributed by atoms with E-state index in [1.165, 1.54) is 13.0 Å². The highest BCUT2D eigenvalue weighted by Gasteiger charge is 2.16. The molecule has 0 aliphatic carbocycles. The smallest absolute Gasteiger partial charge is 0.335 e. The second-order valence-corrected chi connectivity index (χ2v) is 6.39. The van der Waals surface area contributed by atoms with E-state index in [9.17, 15) is 18.8 Å². The minimum atomic E-state index is -1.27. The Labute approximate surface area is 156 Å². The highest BCUT2D eigenvalue weighted by Crippen LogP contribution is 2.16. The van der Waals surface area contributed by atoms with Crippen LogP contribution in [0.15, 0.2) is 42.5 Å². The zero-order valence-electron chi connectivity index (χ0n) is 15.3. The van der Waals surface area contributed by atoms with E-state index in [1.807, 2.05) is 13.8 Å². The third-order valence-electron chi connectivity index (χ3n) is 4.05. The Hall–Kier alpha value is -3.22. The van der Waals surface area contributed by atoms with Crippen molar-refractivity contribution in [2.75, 3.05) is 5.32 Å². The number of hydrogen-bond acceptors (Lipinski definition) is 3. The fraction of sp³-hybridized carbons (Fsp3) is 0.250. The number of carboxylic acids is 1. The predicted molar refractivity (Wildman–Crippen MR) is 99.1 cm³/mol. The number of amides is 2. The quantitative estimate of drug-likeness (QED) is 0.812. The third-order valence-corrected chi connectivity index (χ3v) is 4.05. The predicted octanol–water partition coefficient (Wildman–Crippen LogP) is 3.53. The molecule has 0 saturated heterocycles. The molecule has 0 aromatic heterocycles. The summed E-state index contributed by atoms with van der Waals surface area (Å²) < 4.78 is 14.0. The lowest BCUT2D eigenvalue weighted by Gasteiger charge is -2.25. The molecular weight excluding hydrogens is 351 g/mol. The van der Waals surface area contributed by atoms with Crippen LogP contribution in [-0.2, 0) is 11.3 Å². The molecule has 0 aliphatic rings. The molecule has 0 unspecified atom stereocenters. The van der Waals surface area contributed by atoms with Gasteiger partial charge in [-0.25, -0.2) is 9.18 Å². The van der Waals surface area contributed by atoms with Crippen LogP contribution in [0.2, 0.25) is 0 Å². The maximum Gasteiger partial charge on any atom is 0.335 e. The van der Waals surface area contributed by atoms with E-state index in [0.29, 0.717) is 12.2 Å². The maximum absolute atomic E-state index is 14.0. The number of nitrogens with zero attached hydrogens (tertiary/aromatic N) is 1. The largest absolute Gasteiger partial charge is 0.478 e. The Morgan fingerprint density at radius 3 is 2.22 bits per heavy atom. The Balaban J connectivity index is 2.09. The van der Waals surface area contributed by atoms with Crippen molar-refractivity contribution < 1.29 is 23.9 Å². The summed E-state index contributed by atoms with van der Waals surface area (Å²) in [6.07, 6.45) is 0. The fourth-order valence-corrected chi connectivity index (χ4v) is 2.58. The first-order valence-corrected chi connectivity index (χ1v) is 8.39. The van der Waals surface area contributed by atoms with E-state index in [0.717, 1.165) is 17.7 Å². The van der Waals surface area contributed by atoms with Gasteiger partial charge in [-0.3, -0.25) is 9.59 Å². The van der Waals surface area contributed by atoms with Crippen LogP contribution in [0.3, 0.4) is 0 Å². The zero-order chi connectivity index (χ0) is 20.1. The number of hydrogen-bond donors (Lipinski definition) is 2. The lowest BCUT2D eigenvalue weighted by Crippen LogP contribution is -2.34. The summed E-state index contributed by atoms with van der Waals surface area (Å²) in [6, 6.07) is 10.1. The molecule has 0 radical (unpaired) electrons.